The van der Waals surface area contributed by atoms with Gasteiger partial charge in [0.15, 0.2) is 0 Å². The molecule has 3 rings (SSSR count). The third-order valence-electron chi connectivity index (χ3n) is 5.38. The average Bonchev–Trinajstić information content (AvgIpc) is 3.09. The van der Waals surface area contributed by atoms with Gasteiger partial charge < -0.3 is 10.4 Å². The first-order valence-electron chi connectivity index (χ1n) is 9.86. The van der Waals surface area contributed by atoms with Gasteiger partial charge in [-0.25, -0.2) is 4.68 Å². The van der Waals surface area contributed by atoms with Crippen molar-refractivity contribution in [1.29, 1.82) is 0 Å². The van der Waals surface area contributed by atoms with Crippen molar-refractivity contribution < 1.29 is 14.7 Å². The maximum atomic E-state index is 13.0. The Balaban J connectivity index is 1.81. The van der Waals surface area contributed by atoms with Crippen LogP contribution >= 0.6 is 0 Å². The molecule has 1 aliphatic rings. The summed E-state index contributed by atoms with van der Waals surface area (Å²) in [4.78, 5) is 24.1. The van der Waals surface area contributed by atoms with Gasteiger partial charge in [0.1, 0.15) is 0 Å². The summed E-state index contributed by atoms with van der Waals surface area (Å²) in [5, 5.41) is 16.9. The maximum absolute atomic E-state index is 13.0. The molecule has 0 unspecified atom stereocenters. The number of aryl methyl sites for hydroxylation is 1. The van der Waals surface area contributed by atoms with E-state index in [0.29, 0.717) is 31.2 Å². The van der Waals surface area contributed by atoms with Gasteiger partial charge in [0.2, 0.25) is 0 Å². The molecule has 0 bridgehead atoms. The minimum atomic E-state index is -0.737. The molecule has 150 valence electrons. The van der Waals surface area contributed by atoms with Crippen LogP contribution in [0, 0.1) is 12.8 Å². The second-order valence-corrected chi connectivity index (χ2v) is 8.78. The van der Waals surface area contributed by atoms with Crippen molar-refractivity contribution >= 4 is 11.9 Å². The largest absolute Gasteiger partial charge is 0.481 e. The minimum absolute atomic E-state index is 0.0126. The zero-order valence-electron chi connectivity index (χ0n) is 17.0. The monoisotopic (exact) mass is 383 g/mol. The van der Waals surface area contributed by atoms with Crippen molar-refractivity contribution in [1.82, 2.24) is 15.1 Å². The number of nitrogens with one attached hydrogen (secondary N) is 1. The van der Waals surface area contributed by atoms with Gasteiger partial charge >= 0.3 is 5.97 Å². The minimum Gasteiger partial charge on any atom is -0.481 e. The highest BCUT2D eigenvalue weighted by Crippen LogP contribution is 2.28. The number of rotatable bonds is 4. The topological polar surface area (TPSA) is 84.2 Å². The zero-order valence-corrected chi connectivity index (χ0v) is 17.0. The fourth-order valence-electron chi connectivity index (χ4n) is 3.67. The number of amides is 1. The van der Waals surface area contributed by atoms with Crippen LogP contribution in [0.1, 0.15) is 68.1 Å². The molecular formula is C22H29N3O3. The van der Waals surface area contributed by atoms with Crippen LogP contribution in [0.2, 0.25) is 0 Å². The van der Waals surface area contributed by atoms with Crippen LogP contribution in [-0.2, 0) is 10.2 Å². The van der Waals surface area contributed by atoms with Gasteiger partial charge in [0, 0.05) is 17.7 Å². The van der Waals surface area contributed by atoms with Crippen LogP contribution in [0.5, 0.6) is 0 Å². The predicted octanol–water partition coefficient (Wildman–Crippen LogP) is 3.85. The summed E-state index contributed by atoms with van der Waals surface area (Å²) in [5.41, 5.74) is 3.14. The highest BCUT2D eigenvalue weighted by Gasteiger charge is 2.30. The van der Waals surface area contributed by atoms with Crippen LogP contribution in [0.3, 0.4) is 0 Å². The summed E-state index contributed by atoms with van der Waals surface area (Å²) in [6.07, 6.45) is 4.40. The summed E-state index contributed by atoms with van der Waals surface area (Å²) in [7, 11) is 0. The van der Waals surface area contributed by atoms with E-state index in [1.54, 1.807) is 10.9 Å². The molecule has 2 N–H and O–H groups in total. The molecule has 6 nitrogen and oxygen atoms in total. The van der Waals surface area contributed by atoms with Crippen molar-refractivity contribution in [2.75, 3.05) is 0 Å². The van der Waals surface area contributed by atoms with E-state index in [9.17, 15) is 9.59 Å². The Labute approximate surface area is 166 Å². The number of carboxylic acid groups (broad SMARTS) is 1. The van der Waals surface area contributed by atoms with E-state index in [2.05, 4.69) is 5.32 Å². The van der Waals surface area contributed by atoms with E-state index in [4.69, 9.17) is 10.2 Å². The lowest BCUT2D eigenvalue weighted by Gasteiger charge is -2.27. The second kappa shape index (κ2) is 7.78. The molecule has 1 heterocycles. The van der Waals surface area contributed by atoms with E-state index in [-0.39, 0.29) is 23.3 Å². The fraction of sp³-hybridized carbons (Fsp3) is 0.500. The van der Waals surface area contributed by atoms with Gasteiger partial charge in [-0.2, -0.15) is 5.10 Å². The molecule has 28 heavy (non-hydrogen) atoms. The Morgan fingerprint density at radius 1 is 1.11 bits per heavy atom. The normalized spacial score (nSPS) is 20.0. The molecule has 0 radical (unpaired) electrons. The first-order valence-corrected chi connectivity index (χ1v) is 9.86. The number of carbonyl (C=O) groups is 2. The zero-order chi connectivity index (χ0) is 20.5. The Morgan fingerprint density at radius 3 is 2.25 bits per heavy atom. The lowest BCUT2D eigenvalue weighted by Crippen LogP contribution is -2.39. The van der Waals surface area contributed by atoms with Gasteiger partial charge in [-0.15, -0.1) is 0 Å². The van der Waals surface area contributed by atoms with E-state index >= 15 is 0 Å². The summed E-state index contributed by atoms with van der Waals surface area (Å²) in [5.74, 6) is -1.16. The first-order chi connectivity index (χ1) is 13.1. The van der Waals surface area contributed by atoms with E-state index < -0.39 is 5.97 Å². The molecule has 0 spiro atoms. The van der Waals surface area contributed by atoms with Gasteiger partial charge in [-0.3, -0.25) is 9.59 Å². The fourth-order valence-corrected chi connectivity index (χ4v) is 3.67. The third kappa shape index (κ3) is 4.43. The number of carbonyl (C=O) groups excluding carboxylic acids is 1. The SMILES string of the molecule is Cc1ccc(-n2cc(C(=O)NC3CCC(C(=O)O)CC3)c(C(C)(C)C)n2)cc1. The summed E-state index contributed by atoms with van der Waals surface area (Å²) >= 11 is 0. The second-order valence-electron chi connectivity index (χ2n) is 8.78. The van der Waals surface area contributed by atoms with Crippen LogP contribution < -0.4 is 5.32 Å². The third-order valence-corrected chi connectivity index (χ3v) is 5.38. The van der Waals surface area contributed by atoms with Gasteiger partial charge in [0.25, 0.3) is 5.91 Å². The highest BCUT2D eigenvalue weighted by atomic mass is 16.4. The molecule has 1 amide bonds. The lowest BCUT2D eigenvalue weighted by atomic mass is 9.85. The first kappa shape index (κ1) is 20.1. The Hall–Kier alpha value is -2.63. The molecule has 0 aliphatic heterocycles. The maximum Gasteiger partial charge on any atom is 0.306 e. The standard InChI is InChI=1S/C22H29N3O3/c1-14-5-11-17(12-6-14)25-13-18(19(24-25)22(2,3)4)20(26)23-16-9-7-15(8-10-16)21(27)28/h5-6,11-13,15-16H,7-10H2,1-4H3,(H,23,26)(H,27,28). The Morgan fingerprint density at radius 2 is 1.71 bits per heavy atom. The number of hydrogen-bond donors (Lipinski definition) is 2. The number of hydrogen-bond acceptors (Lipinski definition) is 3. The molecule has 1 fully saturated rings. The number of nitrogens with zero attached hydrogens (tertiary/aromatic N) is 2. The van der Waals surface area contributed by atoms with Crippen LogP contribution in [-0.4, -0.2) is 32.8 Å². The van der Waals surface area contributed by atoms with Crippen molar-refractivity contribution in [2.45, 2.75) is 64.8 Å². The van der Waals surface area contributed by atoms with Crippen molar-refractivity contribution in [3.63, 3.8) is 0 Å². The van der Waals surface area contributed by atoms with E-state index in [1.165, 1.54) is 5.56 Å². The van der Waals surface area contributed by atoms with Crippen LogP contribution in [0.4, 0.5) is 0 Å². The molecule has 1 aromatic carbocycles. The van der Waals surface area contributed by atoms with E-state index in [0.717, 1.165) is 11.4 Å². The van der Waals surface area contributed by atoms with Crippen LogP contribution in [0.15, 0.2) is 30.5 Å². The lowest BCUT2D eigenvalue weighted by molar-refractivity contribution is -0.142. The van der Waals surface area contributed by atoms with Gasteiger partial charge in [0.05, 0.1) is 22.9 Å². The molecule has 1 aliphatic carbocycles. The smallest absolute Gasteiger partial charge is 0.306 e. The average molecular weight is 383 g/mol. The molecule has 0 atom stereocenters. The Kier molecular flexibility index (Phi) is 5.59. The predicted molar refractivity (Wildman–Crippen MR) is 108 cm³/mol. The van der Waals surface area contributed by atoms with Gasteiger partial charge in [-0.1, -0.05) is 38.5 Å². The van der Waals surface area contributed by atoms with Crippen LogP contribution in [0.25, 0.3) is 5.69 Å². The number of carboxylic acids is 1. The summed E-state index contributed by atoms with van der Waals surface area (Å²) < 4.78 is 1.76. The number of benzene rings is 1. The number of aliphatic carboxylic acids is 1. The quantitative estimate of drug-likeness (QED) is 0.840. The highest BCUT2D eigenvalue weighted by molar-refractivity contribution is 5.95. The molecule has 1 saturated carbocycles. The molecular weight excluding hydrogens is 354 g/mol. The Bertz CT molecular complexity index is 854. The van der Waals surface area contributed by atoms with Crippen molar-refractivity contribution in [3.05, 3.63) is 47.3 Å². The molecule has 0 saturated heterocycles. The summed E-state index contributed by atoms with van der Waals surface area (Å²) in [6.45, 7) is 8.17. The number of aromatic nitrogens is 2. The molecule has 1 aromatic heterocycles. The molecule has 6 heteroatoms. The van der Waals surface area contributed by atoms with E-state index in [1.807, 2.05) is 52.0 Å². The summed E-state index contributed by atoms with van der Waals surface area (Å²) in [6, 6.07) is 8.04. The van der Waals surface area contributed by atoms with Gasteiger partial charge in [-0.05, 0) is 44.7 Å². The van der Waals surface area contributed by atoms with Crippen molar-refractivity contribution in [3.8, 4) is 5.69 Å². The molecule has 2 aromatic rings. The van der Waals surface area contributed by atoms with Crippen molar-refractivity contribution in [2.24, 2.45) is 5.92 Å².